The van der Waals surface area contributed by atoms with E-state index in [1.54, 1.807) is 53.1 Å². The van der Waals surface area contributed by atoms with E-state index < -0.39 is 38.7 Å². The van der Waals surface area contributed by atoms with Gasteiger partial charge < -0.3 is 9.80 Å². The van der Waals surface area contributed by atoms with Gasteiger partial charge in [-0.25, -0.2) is 17.8 Å². The van der Waals surface area contributed by atoms with E-state index in [0.717, 1.165) is 12.1 Å². The number of alkyl halides is 3. The molecule has 0 N–H and O–H groups in total. The van der Waals surface area contributed by atoms with Crippen molar-refractivity contribution in [2.24, 2.45) is 5.92 Å². The smallest absolute Gasteiger partial charge is 0.357 e. The molecule has 0 saturated carbocycles. The van der Waals surface area contributed by atoms with Crippen molar-refractivity contribution in [2.45, 2.75) is 52.1 Å². The number of anilines is 2. The largest absolute Gasteiger partial charge is 0.416 e. The predicted molar refractivity (Wildman–Crippen MR) is 162 cm³/mol. The molecule has 1 aliphatic heterocycles. The number of pyridine rings is 1. The first-order chi connectivity index (χ1) is 19.9. The number of halogens is 4. The molecule has 0 spiro atoms. The molecule has 2 aromatic carbocycles. The van der Waals surface area contributed by atoms with Crippen LogP contribution in [0.2, 0.25) is 0 Å². The van der Waals surface area contributed by atoms with Crippen LogP contribution in [0.5, 0.6) is 0 Å². The number of piperidine rings is 1. The average Bonchev–Trinajstić information content (AvgIpc) is 2.90. The molecule has 1 aliphatic rings. The van der Waals surface area contributed by atoms with Crippen LogP contribution in [0.1, 0.15) is 48.9 Å². The number of hydrogen-bond donors (Lipinski definition) is 0. The van der Waals surface area contributed by atoms with Crippen molar-refractivity contribution in [3.63, 3.8) is 0 Å². The third-order valence-electron chi connectivity index (χ3n) is 8.15. The summed E-state index contributed by atoms with van der Waals surface area (Å²) in [7, 11) is -1.53. The van der Waals surface area contributed by atoms with Gasteiger partial charge in [-0.3, -0.25) is 4.79 Å². The zero-order valence-corrected chi connectivity index (χ0v) is 26.0. The number of sulfone groups is 1. The standard InChI is InChI=1S/C32H37F4N3O3S/c1-20-13-23(16-24(14-20)32(34,35)36)31(3,4)30(40)38(5)28-18-37-29(17-27(28)26-8-7-25(33)15-21(26)2)39-11-9-22(10-12-39)19-43(6,41)42/h7-8,13-18,22H,9-12,19H2,1-6H3. The molecule has 0 unspecified atom stereocenters. The number of amides is 1. The number of benzene rings is 2. The molecule has 1 fully saturated rings. The number of aromatic nitrogens is 1. The minimum Gasteiger partial charge on any atom is -0.357 e. The van der Waals surface area contributed by atoms with Crippen LogP contribution in [0.25, 0.3) is 11.1 Å². The number of nitrogens with zero attached hydrogens (tertiary/aromatic N) is 3. The van der Waals surface area contributed by atoms with Crippen molar-refractivity contribution in [3.05, 3.63) is 76.7 Å². The van der Waals surface area contributed by atoms with Crippen molar-refractivity contribution < 1.29 is 30.8 Å². The van der Waals surface area contributed by atoms with Gasteiger partial charge in [0.05, 0.1) is 28.6 Å². The normalized spacial score (nSPS) is 15.1. The molecule has 1 amide bonds. The van der Waals surface area contributed by atoms with Crippen LogP contribution in [0.15, 0.2) is 48.7 Å². The zero-order chi connectivity index (χ0) is 31.9. The van der Waals surface area contributed by atoms with Crippen LogP contribution in [0.3, 0.4) is 0 Å². The molecule has 232 valence electrons. The molecule has 0 atom stereocenters. The number of carbonyl (C=O) groups is 1. The summed E-state index contributed by atoms with van der Waals surface area (Å²) in [6, 6.07) is 9.84. The topological polar surface area (TPSA) is 70.6 Å². The fraction of sp³-hybridized carbons (Fsp3) is 0.438. The van der Waals surface area contributed by atoms with E-state index in [0.29, 0.717) is 59.7 Å². The highest BCUT2D eigenvalue weighted by atomic mass is 32.2. The monoisotopic (exact) mass is 619 g/mol. The molecule has 1 aromatic heterocycles. The molecule has 2 heterocycles. The predicted octanol–water partition coefficient (Wildman–Crippen LogP) is 6.72. The molecule has 0 bridgehead atoms. The zero-order valence-electron chi connectivity index (χ0n) is 25.2. The maximum Gasteiger partial charge on any atom is 0.416 e. The van der Waals surface area contributed by atoms with Crippen LogP contribution in [0, 0.1) is 25.6 Å². The maximum atomic E-state index is 14.1. The van der Waals surface area contributed by atoms with E-state index in [-0.39, 0.29) is 17.2 Å². The summed E-state index contributed by atoms with van der Waals surface area (Å²) in [5.74, 6) is -0.0102. The minimum atomic E-state index is -4.56. The molecular weight excluding hydrogens is 582 g/mol. The summed E-state index contributed by atoms with van der Waals surface area (Å²) in [5.41, 5.74) is 0.842. The summed E-state index contributed by atoms with van der Waals surface area (Å²) in [4.78, 5) is 22.1. The van der Waals surface area contributed by atoms with E-state index in [1.807, 2.05) is 6.07 Å². The summed E-state index contributed by atoms with van der Waals surface area (Å²) < 4.78 is 78.4. The van der Waals surface area contributed by atoms with Gasteiger partial charge in [0.2, 0.25) is 5.91 Å². The van der Waals surface area contributed by atoms with Gasteiger partial charge in [-0.1, -0.05) is 17.7 Å². The molecular formula is C32H37F4N3O3S. The van der Waals surface area contributed by atoms with Crippen molar-refractivity contribution in [3.8, 4) is 11.1 Å². The van der Waals surface area contributed by atoms with Crippen LogP contribution in [-0.4, -0.2) is 51.5 Å². The minimum absolute atomic E-state index is 0.0646. The molecule has 1 saturated heterocycles. The Kier molecular flexibility index (Phi) is 8.98. The molecule has 6 nitrogen and oxygen atoms in total. The van der Waals surface area contributed by atoms with Crippen LogP contribution in [-0.2, 0) is 26.2 Å². The van der Waals surface area contributed by atoms with Crippen molar-refractivity contribution in [1.29, 1.82) is 0 Å². The third-order valence-corrected chi connectivity index (χ3v) is 9.23. The quantitative estimate of drug-likeness (QED) is 0.275. The van der Waals surface area contributed by atoms with Gasteiger partial charge in [-0.05, 0) is 93.5 Å². The van der Waals surface area contributed by atoms with Crippen LogP contribution < -0.4 is 9.80 Å². The van der Waals surface area contributed by atoms with Gasteiger partial charge in [0.1, 0.15) is 21.5 Å². The molecule has 0 radical (unpaired) electrons. The number of rotatable bonds is 7. The van der Waals surface area contributed by atoms with Gasteiger partial charge in [-0.15, -0.1) is 0 Å². The number of likely N-dealkylation sites (N-methyl/N-ethyl adjacent to an activating group) is 1. The molecule has 4 rings (SSSR count). The van der Waals surface area contributed by atoms with Crippen LogP contribution in [0.4, 0.5) is 29.1 Å². The Balaban J connectivity index is 1.72. The second-order valence-corrected chi connectivity index (χ2v) is 14.3. The lowest BCUT2D eigenvalue weighted by atomic mass is 9.81. The lowest BCUT2D eigenvalue weighted by Gasteiger charge is -2.34. The highest BCUT2D eigenvalue weighted by Gasteiger charge is 2.38. The van der Waals surface area contributed by atoms with Crippen molar-refractivity contribution in [2.75, 3.05) is 41.9 Å². The van der Waals surface area contributed by atoms with E-state index >= 15 is 0 Å². The highest BCUT2D eigenvalue weighted by molar-refractivity contribution is 7.90. The summed E-state index contributed by atoms with van der Waals surface area (Å²) in [5, 5.41) is 0. The second-order valence-electron chi connectivity index (χ2n) is 12.1. The second kappa shape index (κ2) is 11.9. The Labute approximate surface area is 250 Å². The van der Waals surface area contributed by atoms with E-state index in [4.69, 9.17) is 0 Å². The summed E-state index contributed by atoms with van der Waals surface area (Å²) >= 11 is 0. The van der Waals surface area contributed by atoms with E-state index in [2.05, 4.69) is 9.88 Å². The van der Waals surface area contributed by atoms with E-state index in [1.165, 1.54) is 23.3 Å². The molecule has 0 aliphatic carbocycles. The Bertz CT molecular complexity index is 1630. The highest BCUT2D eigenvalue weighted by Crippen LogP contribution is 2.39. The Morgan fingerprint density at radius 2 is 1.63 bits per heavy atom. The SMILES string of the molecule is Cc1cc(C(F)(F)F)cc(C(C)(C)C(=O)N(C)c2cnc(N3CCC(CS(C)(=O)=O)CC3)cc2-c2ccc(F)cc2C)c1. The van der Waals surface area contributed by atoms with Gasteiger partial charge in [0.25, 0.3) is 0 Å². The van der Waals surface area contributed by atoms with Gasteiger partial charge in [-0.2, -0.15) is 13.2 Å². The fourth-order valence-corrected chi connectivity index (χ4v) is 6.93. The summed E-state index contributed by atoms with van der Waals surface area (Å²) in [6.45, 7) is 7.70. The first-order valence-corrected chi connectivity index (χ1v) is 16.1. The Morgan fingerprint density at radius 1 is 1.00 bits per heavy atom. The van der Waals surface area contributed by atoms with Crippen molar-refractivity contribution in [1.82, 2.24) is 4.98 Å². The number of carbonyl (C=O) groups excluding carboxylic acids is 1. The average molecular weight is 620 g/mol. The van der Waals surface area contributed by atoms with Gasteiger partial charge in [0.15, 0.2) is 0 Å². The first-order valence-electron chi connectivity index (χ1n) is 14.0. The summed E-state index contributed by atoms with van der Waals surface area (Å²) in [6.07, 6.45) is -0.390. The number of hydrogen-bond acceptors (Lipinski definition) is 5. The Morgan fingerprint density at radius 3 is 2.21 bits per heavy atom. The lowest BCUT2D eigenvalue weighted by molar-refractivity contribution is -0.137. The molecule has 11 heteroatoms. The lowest BCUT2D eigenvalue weighted by Crippen LogP contribution is -2.42. The van der Waals surface area contributed by atoms with Crippen molar-refractivity contribution >= 4 is 27.2 Å². The van der Waals surface area contributed by atoms with Gasteiger partial charge >= 0.3 is 6.18 Å². The fourth-order valence-electron chi connectivity index (χ4n) is 5.74. The van der Waals surface area contributed by atoms with Crippen LogP contribution >= 0.6 is 0 Å². The Hall–Kier alpha value is -3.47. The maximum absolute atomic E-state index is 14.1. The first kappa shape index (κ1) is 32.4. The number of aryl methyl sites for hydroxylation is 2. The van der Waals surface area contributed by atoms with Gasteiger partial charge in [0, 0.05) is 32.0 Å². The van der Waals surface area contributed by atoms with E-state index in [9.17, 15) is 30.8 Å². The third kappa shape index (κ3) is 7.37. The molecule has 43 heavy (non-hydrogen) atoms. The molecule has 3 aromatic rings.